The van der Waals surface area contributed by atoms with Gasteiger partial charge >= 0.3 is 0 Å². The second kappa shape index (κ2) is 7.29. The van der Waals surface area contributed by atoms with Gasteiger partial charge in [-0.15, -0.1) is 0 Å². The van der Waals surface area contributed by atoms with Crippen molar-refractivity contribution in [2.75, 3.05) is 39.8 Å². The molecule has 6 heteroatoms. The van der Waals surface area contributed by atoms with Crippen LogP contribution < -0.4 is 5.56 Å². The molecule has 1 saturated heterocycles. The van der Waals surface area contributed by atoms with Crippen molar-refractivity contribution in [2.24, 2.45) is 0 Å². The highest BCUT2D eigenvalue weighted by atomic mass is 16.1. The van der Waals surface area contributed by atoms with Gasteiger partial charge in [0.15, 0.2) is 0 Å². The largest absolute Gasteiger partial charge is 0.330 e. The number of nitrogens with one attached hydrogen (secondary N) is 1. The Morgan fingerprint density at radius 3 is 2.63 bits per heavy atom. The quantitative estimate of drug-likeness (QED) is 0.771. The molecule has 0 spiro atoms. The number of rotatable bonds is 4. The highest BCUT2D eigenvalue weighted by Crippen LogP contribution is 2.22. The number of likely N-dealkylation sites (N-methyl/N-ethyl adjacent to an activating group) is 1. The fourth-order valence-corrected chi connectivity index (χ4v) is 3.91. The molecular weight excluding hydrogens is 338 g/mol. The second-order valence-corrected chi connectivity index (χ2v) is 7.65. The number of pyridine rings is 1. The zero-order valence-corrected chi connectivity index (χ0v) is 16.3. The van der Waals surface area contributed by atoms with Crippen molar-refractivity contribution < 1.29 is 0 Å². The lowest BCUT2D eigenvalue weighted by molar-refractivity contribution is 0.150. The molecule has 1 fully saturated rings. The summed E-state index contributed by atoms with van der Waals surface area (Å²) < 4.78 is 2.09. The zero-order chi connectivity index (χ0) is 19.0. The van der Waals surface area contributed by atoms with Gasteiger partial charge in [0.25, 0.3) is 5.56 Å². The minimum Gasteiger partial charge on any atom is -0.330 e. The molecular formula is C21H27N5O. The Morgan fingerprint density at radius 2 is 1.85 bits per heavy atom. The maximum Gasteiger partial charge on any atom is 0.259 e. The van der Waals surface area contributed by atoms with Gasteiger partial charge in [0.1, 0.15) is 5.82 Å². The number of piperazine rings is 1. The van der Waals surface area contributed by atoms with Gasteiger partial charge in [0.2, 0.25) is 0 Å². The maximum atomic E-state index is 12.7. The Bertz CT molecular complexity index is 1010. The number of aryl methyl sites for hydroxylation is 2. The lowest BCUT2D eigenvalue weighted by Crippen LogP contribution is -2.45. The third-order valence-corrected chi connectivity index (χ3v) is 5.50. The first-order valence-electron chi connectivity index (χ1n) is 9.58. The number of aromatic amines is 1. The second-order valence-electron chi connectivity index (χ2n) is 7.65. The molecule has 6 nitrogen and oxygen atoms in total. The van der Waals surface area contributed by atoms with E-state index in [4.69, 9.17) is 0 Å². The van der Waals surface area contributed by atoms with E-state index >= 15 is 0 Å². The van der Waals surface area contributed by atoms with Crippen molar-refractivity contribution in [3.8, 4) is 11.4 Å². The summed E-state index contributed by atoms with van der Waals surface area (Å²) in [7, 11) is 2.17. The first-order valence-corrected chi connectivity index (χ1v) is 9.58. The molecule has 0 radical (unpaired) electrons. The van der Waals surface area contributed by atoms with Gasteiger partial charge in [-0.25, -0.2) is 4.98 Å². The van der Waals surface area contributed by atoms with Crippen molar-refractivity contribution in [3.05, 3.63) is 52.1 Å². The Balaban J connectivity index is 1.62. The molecule has 2 aromatic heterocycles. The average Bonchev–Trinajstić information content (AvgIpc) is 3.10. The van der Waals surface area contributed by atoms with Crippen LogP contribution >= 0.6 is 0 Å². The molecule has 0 atom stereocenters. The minimum absolute atomic E-state index is 0.0819. The Hall–Kier alpha value is -2.44. The molecule has 0 bridgehead atoms. The van der Waals surface area contributed by atoms with Crippen LogP contribution in [-0.2, 0) is 6.54 Å². The van der Waals surface area contributed by atoms with Gasteiger partial charge in [-0.05, 0) is 44.0 Å². The van der Waals surface area contributed by atoms with E-state index in [-0.39, 0.29) is 5.56 Å². The number of benzene rings is 1. The summed E-state index contributed by atoms with van der Waals surface area (Å²) in [4.78, 5) is 25.1. The number of fused-ring (bicyclic) bond motifs is 1. The van der Waals surface area contributed by atoms with Crippen LogP contribution in [0.2, 0.25) is 0 Å². The van der Waals surface area contributed by atoms with Crippen LogP contribution in [0.15, 0.2) is 35.4 Å². The minimum atomic E-state index is -0.0819. The molecule has 0 saturated carbocycles. The molecule has 4 rings (SSSR count). The predicted octanol–water partition coefficient (Wildman–Crippen LogP) is 2.26. The zero-order valence-electron chi connectivity index (χ0n) is 16.3. The van der Waals surface area contributed by atoms with E-state index in [1.807, 2.05) is 19.2 Å². The van der Waals surface area contributed by atoms with E-state index in [1.165, 1.54) is 5.56 Å². The van der Waals surface area contributed by atoms with Crippen LogP contribution in [0.5, 0.6) is 0 Å². The van der Waals surface area contributed by atoms with Crippen LogP contribution in [0.25, 0.3) is 22.3 Å². The van der Waals surface area contributed by atoms with Crippen LogP contribution in [-0.4, -0.2) is 64.1 Å². The molecule has 3 aromatic rings. The number of hydrogen-bond acceptors (Lipinski definition) is 4. The summed E-state index contributed by atoms with van der Waals surface area (Å²) in [5.41, 5.74) is 3.74. The summed E-state index contributed by atoms with van der Waals surface area (Å²) in [5, 5.41) is 1.05. The molecule has 1 aromatic carbocycles. The standard InChI is InChI=1S/C21H27N5O/c1-15-12-16(2)19-17(13-15)14-18(21(27)23-19)20-22-4-5-26(20)11-10-25-8-6-24(3)7-9-25/h4-5,12-14H,6-11H2,1-3H3,(H,23,27). The predicted molar refractivity (Wildman–Crippen MR) is 109 cm³/mol. The van der Waals surface area contributed by atoms with Gasteiger partial charge in [0.05, 0.1) is 11.1 Å². The summed E-state index contributed by atoms with van der Waals surface area (Å²) in [6.07, 6.45) is 3.75. The maximum absolute atomic E-state index is 12.7. The number of aromatic nitrogens is 3. The number of imidazole rings is 1. The lowest BCUT2D eigenvalue weighted by atomic mass is 10.1. The first kappa shape index (κ1) is 17.9. The van der Waals surface area contributed by atoms with Gasteiger partial charge in [-0.3, -0.25) is 9.69 Å². The molecule has 142 valence electrons. The summed E-state index contributed by atoms with van der Waals surface area (Å²) in [5.74, 6) is 0.742. The van der Waals surface area contributed by atoms with Crippen LogP contribution in [0.4, 0.5) is 0 Å². The van der Waals surface area contributed by atoms with Gasteiger partial charge in [0, 0.05) is 51.7 Å². The van der Waals surface area contributed by atoms with Gasteiger partial charge < -0.3 is 14.5 Å². The summed E-state index contributed by atoms with van der Waals surface area (Å²) in [6.45, 7) is 10.3. The molecule has 0 aliphatic carbocycles. The number of H-pyrrole nitrogens is 1. The topological polar surface area (TPSA) is 57.2 Å². The monoisotopic (exact) mass is 365 g/mol. The molecule has 1 N–H and O–H groups in total. The van der Waals surface area contributed by atoms with Crippen molar-refractivity contribution in [2.45, 2.75) is 20.4 Å². The summed E-state index contributed by atoms with van der Waals surface area (Å²) >= 11 is 0. The molecule has 3 heterocycles. The normalized spacial score (nSPS) is 16.3. The van der Waals surface area contributed by atoms with E-state index in [2.05, 4.69) is 50.4 Å². The molecule has 1 aliphatic heterocycles. The highest BCUT2D eigenvalue weighted by molar-refractivity contribution is 5.85. The van der Waals surface area contributed by atoms with E-state index in [1.54, 1.807) is 6.20 Å². The third kappa shape index (κ3) is 3.68. The van der Waals surface area contributed by atoms with Crippen LogP contribution in [0, 0.1) is 13.8 Å². The Kier molecular flexibility index (Phi) is 4.85. The molecule has 0 unspecified atom stereocenters. The first-order chi connectivity index (χ1) is 13.0. The van der Waals surface area contributed by atoms with E-state index in [0.717, 1.165) is 61.6 Å². The van der Waals surface area contributed by atoms with Crippen LogP contribution in [0.3, 0.4) is 0 Å². The number of nitrogens with zero attached hydrogens (tertiary/aromatic N) is 4. The fraction of sp³-hybridized carbons (Fsp3) is 0.429. The van der Waals surface area contributed by atoms with Gasteiger partial charge in [-0.1, -0.05) is 11.6 Å². The van der Waals surface area contributed by atoms with Crippen molar-refractivity contribution in [3.63, 3.8) is 0 Å². The fourth-order valence-electron chi connectivity index (χ4n) is 3.91. The molecule has 27 heavy (non-hydrogen) atoms. The Morgan fingerprint density at radius 1 is 1.07 bits per heavy atom. The van der Waals surface area contributed by atoms with E-state index in [0.29, 0.717) is 5.56 Å². The van der Waals surface area contributed by atoms with Gasteiger partial charge in [-0.2, -0.15) is 0 Å². The highest BCUT2D eigenvalue weighted by Gasteiger charge is 2.16. The average molecular weight is 365 g/mol. The van der Waals surface area contributed by atoms with Crippen LogP contribution in [0.1, 0.15) is 11.1 Å². The number of hydrogen-bond donors (Lipinski definition) is 1. The van der Waals surface area contributed by atoms with Crippen molar-refractivity contribution in [1.29, 1.82) is 0 Å². The third-order valence-electron chi connectivity index (χ3n) is 5.50. The van der Waals surface area contributed by atoms with Crippen molar-refractivity contribution >= 4 is 10.9 Å². The van der Waals surface area contributed by atoms with E-state index < -0.39 is 0 Å². The Labute approximate surface area is 159 Å². The smallest absolute Gasteiger partial charge is 0.259 e. The SMILES string of the molecule is Cc1cc(C)c2[nH]c(=O)c(-c3nccn3CCN3CCN(C)CC3)cc2c1. The van der Waals surface area contributed by atoms with Crippen molar-refractivity contribution in [1.82, 2.24) is 24.3 Å². The lowest BCUT2D eigenvalue weighted by Gasteiger charge is -2.32. The molecule has 1 aliphatic rings. The summed E-state index contributed by atoms with van der Waals surface area (Å²) in [6, 6.07) is 6.18. The van der Waals surface area contributed by atoms with E-state index in [9.17, 15) is 4.79 Å². The molecule has 0 amide bonds.